The molecular formula is C19H19ClN4O4S2. The van der Waals surface area contributed by atoms with Crippen LogP contribution >= 0.6 is 22.9 Å². The summed E-state index contributed by atoms with van der Waals surface area (Å²) in [6.45, 7) is 5.02. The van der Waals surface area contributed by atoms with E-state index in [4.69, 9.17) is 16.3 Å². The van der Waals surface area contributed by atoms with Crippen molar-refractivity contribution in [3.05, 3.63) is 46.9 Å². The van der Waals surface area contributed by atoms with Gasteiger partial charge in [0.2, 0.25) is 5.91 Å². The first-order valence-corrected chi connectivity index (χ1v) is 11.4. The minimum Gasteiger partial charge on any atom is -0.495 e. The summed E-state index contributed by atoms with van der Waals surface area (Å²) >= 11 is 7.41. The zero-order valence-corrected chi connectivity index (χ0v) is 19.0. The summed E-state index contributed by atoms with van der Waals surface area (Å²) in [5.41, 5.74) is 2.26. The number of nitrogens with one attached hydrogen (secondary N) is 2. The number of carbonyl (C=O) groups excluding carboxylic acids is 1. The normalized spacial score (nSPS) is 11.2. The van der Waals surface area contributed by atoms with Crippen LogP contribution in [0.25, 0.3) is 10.4 Å². The number of anilines is 2. The van der Waals surface area contributed by atoms with E-state index in [1.807, 2.05) is 6.92 Å². The molecule has 0 saturated heterocycles. The molecule has 2 aromatic heterocycles. The molecule has 11 heteroatoms. The number of aryl methyl sites for hydroxylation is 2. The van der Waals surface area contributed by atoms with Crippen molar-refractivity contribution in [1.29, 1.82) is 0 Å². The molecule has 0 atom stereocenters. The average molecular weight is 467 g/mol. The van der Waals surface area contributed by atoms with Crippen LogP contribution in [0.1, 0.15) is 18.2 Å². The third-order valence-electron chi connectivity index (χ3n) is 4.03. The monoisotopic (exact) mass is 466 g/mol. The maximum Gasteiger partial charge on any atom is 0.265 e. The molecule has 8 nitrogen and oxygen atoms in total. The Morgan fingerprint density at radius 2 is 1.97 bits per heavy atom. The minimum absolute atomic E-state index is 0.00217. The second kappa shape index (κ2) is 8.58. The maximum absolute atomic E-state index is 13.0. The van der Waals surface area contributed by atoms with Crippen molar-refractivity contribution in [2.75, 3.05) is 17.1 Å². The molecule has 0 aliphatic carbocycles. The lowest BCUT2D eigenvalue weighted by Gasteiger charge is -2.13. The molecule has 0 spiro atoms. The van der Waals surface area contributed by atoms with Crippen LogP contribution in [0.3, 0.4) is 0 Å². The van der Waals surface area contributed by atoms with Crippen molar-refractivity contribution < 1.29 is 17.9 Å². The standard InChI is InChI=1S/C19H19ClN4O4S2/c1-10-5-6-16(15(7-10)28-4)30(26,27)24-14-8-13(9-21-18(14)20)17-11(2)22-19(29-17)23-12(3)25/h5-9,24H,1-4H3,(H,22,23,25). The lowest BCUT2D eigenvalue weighted by molar-refractivity contribution is -0.114. The molecule has 0 aliphatic heterocycles. The van der Waals surface area contributed by atoms with E-state index < -0.39 is 10.0 Å². The van der Waals surface area contributed by atoms with Gasteiger partial charge in [0.05, 0.1) is 23.4 Å². The molecule has 30 heavy (non-hydrogen) atoms. The number of rotatable bonds is 6. The Hall–Kier alpha value is -2.69. The quantitative estimate of drug-likeness (QED) is 0.525. The summed E-state index contributed by atoms with van der Waals surface area (Å²) in [6, 6.07) is 6.35. The summed E-state index contributed by atoms with van der Waals surface area (Å²) in [5.74, 6) is -0.00832. The summed E-state index contributed by atoms with van der Waals surface area (Å²) in [6.07, 6.45) is 1.52. The van der Waals surface area contributed by atoms with Crippen LogP contribution < -0.4 is 14.8 Å². The van der Waals surface area contributed by atoms with Crippen LogP contribution in [0.2, 0.25) is 5.15 Å². The highest BCUT2D eigenvalue weighted by Gasteiger charge is 2.22. The van der Waals surface area contributed by atoms with E-state index in [-0.39, 0.29) is 27.4 Å². The van der Waals surface area contributed by atoms with Crippen molar-refractivity contribution in [2.24, 2.45) is 0 Å². The third-order valence-corrected chi connectivity index (χ3v) is 6.86. The SMILES string of the molecule is COc1cc(C)ccc1S(=O)(=O)Nc1cc(-c2sc(NC(C)=O)nc2C)cnc1Cl. The van der Waals surface area contributed by atoms with E-state index in [1.54, 1.807) is 25.1 Å². The molecular weight excluding hydrogens is 448 g/mol. The van der Waals surface area contributed by atoms with E-state index in [2.05, 4.69) is 20.0 Å². The molecule has 2 N–H and O–H groups in total. The molecule has 0 unspecified atom stereocenters. The number of benzene rings is 1. The van der Waals surface area contributed by atoms with Gasteiger partial charge in [0.15, 0.2) is 10.3 Å². The number of hydrogen-bond donors (Lipinski definition) is 2. The fourth-order valence-electron chi connectivity index (χ4n) is 2.71. The van der Waals surface area contributed by atoms with Crippen LogP contribution in [0.4, 0.5) is 10.8 Å². The Balaban J connectivity index is 1.99. The molecule has 1 aromatic carbocycles. The van der Waals surface area contributed by atoms with Crippen LogP contribution in [0.15, 0.2) is 35.4 Å². The number of halogens is 1. The lowest BCUT2D eigenvalue weighted by Crippen LogP contribution is -2.15. The van der Waals surface area contributed by atoms with E-state index >= 15 is 0 Å². The number of aromatic nitrogens is 2. The lowest BCUT2D eigenvalue weighted by atomic mass is 10.2. The van der Waals surface area contributed by atoms with Crippen LogP contribution in [0, 0.1) is 13.8 Å². The first kappa shape index (κ1) is 22.0. The van der Waals surface area contributed by atoms with Crippen molar-refractivity contribution in [3.63, 3.8) is 0 Å². The van der Waals surface area contributed by atoms with Crippen LogP contribution in [-0.2, 0) is 14.8 Å². The van der Waals surface area contributed by atoms with Crippen molar-refractivity contribution in [2.45, 2.75) is 25.7 Å². The number of carbonyl (C=O) groups is 1. The second-order valence-electron chi connectivity index (χ2n) is 6.44. The van der Waals surface area contributed by atoms with Gasteiger partial charge in [-0.05, 0) is 37.6 Å². The fourth-order valence-corrected chi connectivity index (χ4v) is 5.12. The molecule has 1 amide bonds. The van der Waals surface area contributed by atoms with E-state index in [0.717, 1.165) is 10.4 Å². The smallest absolute Gasteiger partial charge is 0.265 e. The van der Waals surface area contributed by atoms with Gasteiger partial charge in [-0.2, -0.15) is 0 Å². The maximum atomic E-state index is 13.0. The first-order valence-electron chi connectivity index (χ1n) is 8.69. The summed E-state index contributed by atoms with van der Waals surface area (Å²) < 4.78 is 33.6. The third kappa shape index (κ3) is 4.72. The highest BCUT2D eigenvalue weighted by Crippen LogP contribution is 2.36. The molecule has 0 fully saturated rings. The van der Waals surface area contributed by atoms with Gasteiger partial charge in [0.25, 0.3) is 10.0 Å². The number of thiazole rings is 1. The summed E-state index contributed by atoms with van der Waals surface area (Å²) in [7, 11) is -2.58. The Kier molecular flexibility index (Phi) is 6.30. The number of ether oxygens (including phenoxy) is 1. The number of methoxy groups -OCH3 is 1. The Morgan fingerprint density at radius 3 is 2.63 bits per heavy atom. The number of amides is 1. The van der Waals surface area contributed by atoms with Gasteiger partial charge in [-0.3, -0.25) is 9.52 Å². The van der Waals surface area contributed by atoms with Crippen LogP contribution in [-0.4, -0.2) is 31.4 Å². The first-order chi connectivity index (χ1) is 14.1. The van der Waals surface area contributed by atoms with Crippen molar-refractivity contribution in [3.8, 4) is 16.2 Å². The molecule has 158 valence electrons. The van der Waals surface area contributed by atoms with E-state index in [1.165, 1.54) is 37.6 Å². The summed E-state index contributed by atoms with van der Waals surface area (Å²) in [5, 5.41) is 3.07. The Morgan fingerprint density at radius 1 is 1.23 bits per heavy atom. The molecule has 0 bridgehead atoms. The number of pyridine rings is 1. The van der Waals surface area contributed by atoms with Crippen molar-refractivity contribution in [1.82, 2.24) is 9.97 Å². The van der Waals surface area contributed by atoms with E-state index in [0.29, 0.717) is 16.4 Å². The van der Waals surface area contributed by atoms with Gasteiger partial charge < -0.3 is 10.1 Å². The highest BCUT2D eigenvalue weighted by molar-refractivity contribution is 7.92. The predicted molar refractivity (Wildman–Crippen MR) is 118 cm³/mol. The molecule has 3 aromatic rings. The number of nitrogens with zero attached hydrogens (tertiary/aromatic N) is 2. The Labute approximate surface area is 183 Å². The van der Waals surface area contributed by atoms with Crippen molar-refractivity contribution >= 4 is 49.7 Å². The van der Waals surface area contributed by atoms with Gasteiger partial charge in [-0.15, -0.1) is 0 Å². The second-order valence-corrected chi connectivity index (χ2v) is 9.44. The van der Waals surface area contributed by atoms with E-state index in [9.17, 15) is 13.2 Å². The van der Waals surface area contributed by atoms with Gasteiger partial charge >= 0.3 is 0 Å². The van der Waals surface area contributed by atoms with Gasteiger partial charge in [0, 0.05) is 18.7 Å². The highest BCUT2D eigenvalue weighted by atomic mass is 35.5. The number of hydrogen-bond acceptors (Lipinski definition) is 7. The average Bonchev–Trinajstić information content (AvgIpc) is 3.02. The topological polar surface area (TPSA) is 110 Å². The zero-order valence-electron chi connectivity index (χ0n) is 16.6. The largest absolute Gasteiger partial charge is 0.495 e. The number of sulfonamides is 1. The fraction of sp³-hybridized carbons (Fsp3) is 0.211. The summed E-state index contributed by atoms with van der Waals surface area (Å²) in [4.78, 5) is 20.4. The predicted octanol–water partition coefficient (Wildman–Crippen LogP) is 4.24. The van der Waals surface area contributed by atoms with Gasteiger partial charge in [-0.25, -0.2) is 18.4 Å². The van der Waals surface area contributed by atoms with Crippen LogP contribution in [0.5, 0.6) is 5.75 Å². The molecule has 3 rings (SSSR count). The Bertz CT molecular complexity index is 1230. The van der Waals surface area contributed by atoms with Gasteiger partial charge in [0.1, 0.15) is 10.6 Å². The van der Waals surface area contributed by atoms with Gasteiger partial charge in [-0.1, -0.05) is 29.0 Å². The molecule has 0 aliphatic rings. The molecule has 0 saturated carbocycles. The molecule has 0 radical (unpaired) electrons. The minimum atomic E-state index is -3.98. The molecule has 2 heterocycles. The zero-order chi connectivity index (χ0) is 22.1.